The maximum absolute atomic E-state index is 13.0. The minimum absolute atomic E-state index is 0.406. The first-order chi connectivity index (χ1) is 7.58. The molecule has 0 spiro atoms. The van der Waals surface area contributed by atoms with Gasteiger partial charge in [-0.3, -0.25) is 4.90 Å². The number of hydrogen-bond donors (Lipinski definition) is 0. The Morgan fingerprint density at radius 3 is 2.50 bits per heavy atom. The molecule has 1 aromatic rings. The molecule has 4 heteroatoms. The molecule has 88 valence electrons. The fourth-order valence-corrected chi connectivity index (χ4v) is 2.20. The van der Waals surface area contributed by atoms with Crippen LogP contribution in [0.15, 0.2) is 18.3 Å². The minimum Gasteiger partial charge on any atom is -0.368 e. The molecule has 0 radical (unpaired) electrons. The summed E-state index contributed by atoms with van der Waals surface area (Å²) in [6.45, 7) is 6.26. The first kappa shape index (κ1) is 11.3. The zero-order valence-electron chi connectivity index (χ0n) is 10.0. The van der Waals surface area contributed by atoms with E-state index < -0.39 is 5.95 Å². The highest BCUT2D eigenvalue weighted by Crippen LogP contribution is 2.21. The van der Waals surface area contributed by atoms with Gasteiger partial charge in [-0.25, -0.2) is 4.98 Å². The summed E-state index contributed by atoms with van der Waals surface area (Å²) in [4.78, 5) is 8.16. The molecule has 2 rings (SSSR count). The lowest BCUT2D eigenvalue weighted by Crippen LogP contribution is -2.55. The van der Waals surface area contributed by atoms with Gasteiger partial charge in [0.05, 0.1) is 0 Å². The number of rotatable bonds is 1. The van der Waals surface area contributed by atoms with Crippen molar-refractivity contribution in [3.8, 4) is 0 Å². The van der Waals surface area contributed by atoms with Crippen molar-refractivity contribution in [3.05, 3.63) is 24.3 Å². The molecule has 0 amide bonds. The number of piperazine rings is 1. The number of pyridine rings is 1. The van der Waals surface area contributed by atoms with E-state index in [2.05, 4.69) is 35.7 Å². The Morgan fingerprint density at radius 2 is 1.94 bits per heavy atom. The molecule has 1 aliphatic heterocycles. The van der Waals surface area contributed by atoms with Crippen LogP contribution in [0.5, 0.6) is 0 Å². The number of hydrogen-bond acceptors (Lipinski definition) is 3. The Kier molecular flexibility index (Phi) is 3.10. The molecule has 0 saturated carbocycles. The molecule has 2 heterocycles. The van der Waals surface area contributed by atoms with E-state index in [1.165, 1.54) is 12.3 Å². The van der Waals surface area contributed by atoms with E-state index in [1.807, 2.05) is 6.07 Å². The highest BCUT2D eigenvalue weighted by molar-refractivity contribution is 5.45. The van der Waals surface area contributed by atoms with E-state index >= 15 is 0 Å². The van der Waals surface area contributed by atoms with Gasteiger partial charge in [0.25, 0.3) is 0 Å². The Bertz CT molecular complexity index is 357. The number of likely N-dealkylation sites (N-methyl/N-ethyl adjacent to an activating group) is 1. The average molecular weight is 223 g/mol. The zero-order chi connectivity index (χ0) is 11.7. The first-order valence-electron chi connectivity index (χ1n) is 5.66. The SMILES string of the molecule is CC1CN(c2ccnc(F)c2)CC(C)N1C. The fourth-order valence-electron chi connectivity index (χ4n) is 2.20. The number of aromatic nitrogens is 1. The summed E-state index contributed by atoms with van der Waals surface area (Å²) in [6, 6.07) is 4.35. The molecule has 1 aliphatic rings. The van der Waals surface area contributed by atoms with Gasteiger partial charge in [0.15, 0.2) is 0 Å². The van der Waals surface area contributed by atoms with Crippen molar-refractivity contribution < 1.29 is 4.39 Å². The third-order valence-electron chi connectivity index (χ3n) is 3.44. The molecule has 0 bridgehead atoms. The lowest BCUT2D eigenvalue weighted by atomic mass is 10.1. The first-order valence-corrected chi connectivity index (χ1v) is 5.66. The molecule has 1 aromatic heterocycles. The highest BCUT2D eigenvalue weighted by Gasteiger charge is 2.26. The summed E-state index contributed by atoms with van der Waals surface area (Å²) in [5.74, 6) is -0.406. The number of anilines is 1. The smallest absolute Gasteiger partial charge is 0.214 e. The second kappa shape index (κ2) is 4.37. The van der Waals surface area contributed by atoms with Gasteiger partial charge in [-0.2, -0.15) is 4.39 Å². The van der Waals surface area contributed by atoms with E-state index in [4.69, 9.17) is 0 Å². The van der Waals surface area contributed by atoms with Gasteiger partial charge < -0.3 is 4.90 Å². The highest BCUT2D eigenvalue weighted by atomic mass is 19.1. The van der Waals surface area contributed by atoms with Gasteiger partial charge >= 0.3 is 0 Å². The summed E-state index contributed by atoms with van der Waals surface area (Å²) in [7, 11) is 2.14. The van der Waals surface area contributed by atoms with E-state index in [1.54, 1.807) is 0 Å². The summed E-state index contributed by atoms with van der Waals surface area (Å²) in [5, 5.41) is 0. The van der Waals surface area contributed by atoms with Crippen LogP contribution in [0.3, 0.4) is 0 Å². The Labute approximate surface area is 95.9 Å². The van der Waals surface area contributed by atoms with Crippen LogP contribution in [0.25, 0.3) is 0 Å². The third-order valence-corrected chi connectivity index (χ3v) is 3.44. The Balaban J connectivity index is 2.17. The Hall–Kier alpha value is -1.16. The maximum Gasteiger partial charge on any atom is 0.214 e. The van der Waals surface area contributed by atoms with Gasteiger partial charge in [0.1, 0.15) is 0 Å². The second-order valence-electron chi connectivity index (χ2n) is 4.61. The predicted molar refractivity (Wildman–Crippen MR) is 63.1 cm³/mol. The topological polar surface area (TPSA) is 19.4 Å². The number of nitrogens with zero attached hydrogens (tertiary/aromatic N) is 3. The molecule has 1 saturated heterocycles. The largest absolute Gasteiger partial charge is 0.368 e. The van der Waals surface area contributed by atoms with Crippen molar-refractivity contribution in [1.82, 2.24) is 9.88 Å². The summed E-state index contributed by atoms with van der Waals surface area (Å²) in [6.07, 6.45) is 1.53. The molecule has 16 heavy (non-hydrogen) atoms. The predicted octanol–water partition coefficient (Wildman–Crippen LogP) is 1.75. The molecule has 2 unspecified atom stereocenters. The fraction of sp³-hybridized carbons (Fsp3) is 0.583. The molecular formula is C12H18FN3. The molecule has 0 aliphatic carbocycles. The number of halogens is 1. The van der Waals surface area contributed by atoms with E-state index in [0.717, 1.165) is 18.8 Å². The van der Waals surface area contributed by atoms with Gasteiger partial charge in [0.2, 0.25) is 5.95 Å². The molecule has 2 atom stereocenters. The third kappa shape index (κ3) is 2.16. The van der Waals surface area contributed by atoms with Gasteiger partial charge in [0, 0.05) is 43.1 Å². The Morgan fingerprint density at radius 1 is 1.31 bits per heavy atom. The monoisotopic (exact) mass is 223 g/mol. The van der Waals surface area contributed by atoms with Crippen LogP contribution in [0.4, 0.5) is 10.1 Å². The summed E-state index contributed by atoms with van der Waals surface area (Å²) >= 11 is 0. The van der Waals surface area contributed by atoms with Gasteiger partial charge in [-0.05, 0) is 27.0 Å². The van der Waals surface area contributed by atoms with Crippen molar-refractivity contribution in [2.75, 3.05) is 25.0 Å². The molecule has 3 nitrogen and oxygen atoms in total. The van der Waals surface area contributed by atoms with E-state index in [9.17, 15) is 4.39 Å². The lowest BCUT2D eigenvalue weighted by Gasteiger charge is -2.43. The van der Waals surface area contributed by atoms with Crippen LogP contribution in [0.2, 0.25) is 0 Å². The summed E-state index contributed by atoms with van der Waals surface area (Å²) in [5.41, 5.74) is 0.930. The van der Waals surface area contributed by atoms with Crippen LogP contribution in [0.1, 0.15) is 13.8 Å². The van der Waals surface area contributed by atoms with Crippen molar-refractivity contribution in [2.45, 2.75) is 25.9 Å². The van der Waals surface area contributed by atoms with Gasteiger partial charge in [-0.1, -0.05) is 0 Å². The van der Waals surface area contributed by atoms with Crippen molar-refractivity contribution in [3.63, 3.8) is 0 Å². The molecular weight excluding hydrogens is 205 g/mol. The van der Waals surface area contributed by atoms with Crippen LogP contribution < -0.4 is 4.90 Å². The lowest BCUT2D eigenvalue weighted by molar-refractivity contribution is 0.170. The maximum atomic E-state index is 13.0. The zero-order valence-corrected chi connectivity index (χ0v) is 10.0. The van der Waals surface area contributed by atoms with E-state index in [0.29, 0.717) is 12.1 Å². The molecule has 0 aromatic carbocycles. The quantitative estimate of drug-likeness (QED) is 0.676. The van der Waals surface area contributed by atoms with Crippen molar-refractivity contribution in [2.24, 2.45) is 0 Å². The van der Waals surface area contributed by atoms with Crippen molar-refractivity contribution in [1.29, 1.82) is 0 Å². The van der Waals surface area contributed by atoms with Crippen LogP contribution in [-0.4, -0.2) is 42.1 Å². The standard InChI is InChI=1S/C12H18FN3/c1-9-7-16(8-10(2)15(9)3)11-4-5-14-12(13)6-11/h4-6,9-10H,7-8H2,1-3H3. The summed E-state index contributed by atoms with van der Waals surface area (Å²) < 4.78 is 13.0. The van der Waals surface area contributed by atoms with Gasteiger partial charge in [-0.15, -0.1) is 0 Å². The normalized spacial score (nSPS) is 27.1. The van der Waals surface area contributed by atoms with E-state index in [-0.39, 0.29) is 0 Å². The van der Waals surface area contributed by atoms with Crippen LogP contribution in [0, 0.1) is 5.95 Å². The second-order valence-corrected chi connectivity index (χ2v) is 4.61. The molecule has 0 N–H and O–H groups in total. The van der Waals surface area contributed by atoms with Crippen LogP contribution in [-0.2, 0) is 0 Å². The average Bonchev–Trinajstić information content (AvgIpc) is 2.25. The minimum atomic E-state index is -0.406. The van der Waals surface area contributed by atoms with Crippen LogP contribution >= 0.6 is 0 Å². The molecule has 1 fully saturated rings. The van der Waals surface area contributed by atoms with Crippen molar-refractivity contribution >= 4 is 5.69 Å².